The van der Waals surface area contributed by atoms with Gasteiger partial charge in [-0.3, -0.25) is 0 Å². The predicted octanol–water partition coefficient (Wildman–Crippen LogP) is 12.3. The molecule has 0 radical (unpaired) electrons. The Balaban J connectivity index is 1.30. The lowest BCUT2D eigenvalue weighted by molar-refractivity contribution is 0.663. The quantitative estimate of drug-likeness (QED) is 0.197. The molecule has 0 N–H and O–H groups in total. The first-order valence-corrected chi connectivity index (χ1v) is 15.0. The first-order valence-electron chi connectivity index (χ1n) is 15.0. The van der Waals surface area contributed by atoms with Crippen LogP contribution in [0.4, 0.5) is 0 Å². The van der Waals surface area contributed by atoms with Crippen molar-refractivity contribution in [2.75, 3.05) is 0 Å². The highest BCUT2D eigenvalue weighted by Crippen LogP contribution is 2.46. The topological polar surface area (TPSA) is 26.3 Å². The molecule has 2 nitrogen and oxygen atoms in total. The average Bonchev–Trinajstić information content (AvgIpc) is 3.65. The lowest BCUT2D eigenvalue weighted by Crippen LogP contribution is -1.91. The van der Waals surface area contributed by atoms with Crippen LogP contribution in [0.15, 0.2) is 154 Å². The lowest BCUT2D eigenvalue weighted by Gasteiger charge is -2.18. The molecule has 0 amide bonds. The molecule has 10 rings (SSSR count). The third-order valence-corrected chi connectivity index (χ3v) is 9.24. The Morgan fingerprint density at radius 1 is 0.318 bits per heavy atom. The second-order valence-electron chi connectivity index (χ2n) is 11.6. The van der Waals surface area contributed by atoms with Gasteiger partial charge in [-0.1, -0.05) is 109 Å². The Bertz CT molecular complexity index is 2720. The minimum absolute atomic E-state index is 0.838. The Morgan fingerprint density at radius 2 is 0.864 bits per heavy atom. The van der Waals surface area contributed by atoms with Crippen LogP contribution in [0, 0.1) is 0 Å². The molecule has 0 aliphatic heterocycles. The van der Waals surface area contributed by atoms with Gasteiger partial charge < -0.3 is 8.83 Å². The molecule has 2 heterocycles. The summed E-state index contributed by atoms with van der Waals surface area (Å²) in [7, 11) is 0. The zero-order chi connectivity index (χ0) is 28.8. The molecular weight excluding hydrogens is 536 g/mol. The van der Waals surface area contributed by atoms with Gasteiger partial charge in [0.15, 0.2) is 0 Å². The predicted molar refractivity (Wildman–Crippen MR) is 184 cm³/mol. The van der Waals surface area contributed by atoms with E-state index in [9.17, 15) is 0 Å². The van der Waals surface area contributed by atoms with Crippen molar-refractivity contribution in [2.24, 2.45) is 0 Å². The number of para-hydroxylation sites is 1. The molecule has 204 valence electrons. The van der Waals surface area contributed by atoms with Gasteiger partial charge in [0.25, 0.3) is 0 Å². The average molecular weight is 561 g/mol. The molecule has 0 aliphatic carbocycles. The molecule has 0 atom stereocenters. The van der Waals surface area contributed by atoms with E-state index in [2.05, 4.69) is 133 Å². The summed E-state index contributed by atoms with van der Waals surface area (Å²) < 4.78 is 12.8. The van der Waals surface area contributed by atoms with Gasteiger partial charge in [-0.15, -0.1) is 0 Å². The maximum Gasteiger partial charge on any atom is 0.147 e. The van der Waals surface area contributed by atoms with Gasteiger partial charge in [-0.05, 0) is 91.0 Å². The number of benzene rings is 8. The van der Waals surface area contributed by atoms with Crippen molar-refractivity contribution in [1.29, 1.82) is 0 Å². The smallest absolute Gasteiger partial charge is 0.147 e. The van der Waals surface area contributed by atoms with Crippen molar-refractivity contribution in [3.05, 3.63) is 146 Å². The van der Waals surface area contributed by atoms with E-state index in [1.54, 1.807) is 0 Å². The Hall–Kier alpha value is -5.86. The Kier molecular flexibility index (Phi) is 4.75. The minimum Gasteiger partial charge on any atom is -0.456 e. The first-order chi connectivity index (χ1) is 21.8. The number of rotatable bonds is 2. The first kappa shape index (κ1) is 23.7. The number of furan rings is 2. The van der Waals surface area contributed by atoms with Crippen LogP contribution in [0.2, 0.25) is 0 Å². The van der Waals surface area contributed by atoms with Crippen LogP contribution >= 0.6 is 0 Å². The fourth-order valence-electron chi connectivity index (χ4n) is 7.29. The van der Waals surface area contributed by atoms with Gasteiger partial charge in [-0.25, -0.2) is 0 Å². The van der Waals surface area contributed by atoms with Crippen molar-refractivity contribution < 1.29 is 8.83 Å². The molecule has 0 fully saturated rings. The summed E-state index contributed by atoms with van der Waals surface area (Å²) in [6, 6.07) is 52.1. The summed E-state index contributed by atoms with van der Waals surface area (Å²) in [6.45, 7) is 0. The van der Waals surface area contributed by atoms with Gasteiger partial charge in [0.1, 0.15) is 22.3 Å². The largest absolute Gasteiger partial charge is 0.456 e. The van der Waals surface area contributed by atoms with E-state index in [4.69, 9.17) is 8.83 Å². The van der Waals surface area contributed by atoms with E-state index in [1.807, 2.05) is 12.1 Å². The van der Waals surface area contributed by atoms with Crippen LogP contribution in [-0.4, -0.2) is 0 Å². The summed E-state index contributed by atoms with van der Waals surface area (Å²) in [5.41, 5.74) is 8.35. The highest BCUT2D eigenvalue weighted by molar-refractivity contribution is 6.25. The molecule has 2 heteroatoms. The second-order valence-corrected chi connectivity index (χ2v) is 11.6. The van der Waals surface area contributed by atoms with E-state index in [0.717, 1.165) is 49.4 Å². The van der Waals surface area contributed by atoms with Gasteiger partial charge in [-0.2, -0.15) is 0 Å². The van der Waals surface area contributed by atoms with Crippen molar-refractivity contribution in [3.63, 3.8) is 0 Å². The standard InChI is InChI=1S/C42H24O2/c1-2-10-26-23-27(18-17-25(26)9-1)39-30-12-3-5-14-32(30)40(33-15-6-4-13-31(33)39)28-19-21-37-35(24-28)41-38(43-37)22-20-34-29-11-7-8-16-36(29)44-42(34)41/h1-24H. The van der Waals surface area contributed by atoms with Crippen molar-refractivity contribution in [1.82, 2.24) is 0 Å². The monoisotopic (exact) mass is 560 g/mol. The summed E-state index contributed by atoms with van der Waals surface area (Å²) >= 11 is 0. The fourth-order valence-corrected chi connectivity index (χ4v) is 7.29. The molecule has 0 unspecified atom stereocenters. The normalized spacial score (nSPS) is 12.1. The highest BCUT2D eigenvalue weighted by Gasteiger charge is 2.20. The van der Waals surface area contributed by atoms with E-state index < -0.39 is 0 Å². The van der Waals surface area contributed by atoms with Crippen LogP contribution < -0.4 is 0 Å². The molecule has 2 aromatic heterocycles. The Labute approximate surface area is 252 Å². The molecule has 10 aromatic rings. The van der Waals surface area contributed by atoms with Crippen LogP contribution in [0.25, 0.3) is 98.4 Å². The van der Waals surface area contributed by atoms with Gasteiger partial charge >= 0.3 is 0 Å². The number of fused-ring (bicyclic) bond motifs is 10. The third-order valence-electron chi connectivity index (χ3n) is 9.24. The second kappa shape index (κ2) is 8.82. The third kappa shape index (κ3) is 3.25. The van der Waals surface area contributed by atoms with E-state index in [-0.39, 0.29) is 0 Å². The van der Waals surface area contributed by atoms with Gasteiger partial charge in [0.05, 0.1) is 5.39 Å². The van der Waals surface area contributed by atoms with Gasteiger partial charge in [0, 0.05) is 16.2 Å². The summed E-state index contributed by atoms with van der Waals surface area (Å²) in [4.78, 5) is 0. The van der Waals surface area contributed by atoms with Crippen LogP contribution in [0.1, 0.15) is 0 Å². The van der Waals surface area contributed by atoms with E-state index in [1.165, 1.54) is 49.0 Å². The fraction of sp³-hybridized carbons (Fsp3) is 0. The van der Waals surface area contributed by atoms with Crippen molar-refractivity contribution in [3.8, 4) is 22.3 Å². The lowest BCUT2D eigenvalue weighted by atomic mass is 9.85. The molecular formula is C42H24O2. The summed E-state index contributed by atoms with van der Waals surface area (Å²) in [5, 5.41) is 11.8. The zero-order valence-corrected chi connectivity index (χ0v) is 23.7. The zero-order valence-electron chi connectivity index (χ0n) is 23.7. The summed E-state index contributed by atoms with van der Waals surface area (Å²) in [5.74, 6) is 0. The maximum absolute atomic E-state index is 6.45. The molecule has 44 heavy (non-hydrogen) atoms. The SMILES string of the molecule is c1ccc2cc(-c3c4ccccc4c(-c4ccc5oc6ccc7c8ccccc8oc7c6c5c4)c4ccccc34)ccc2c1. The van der Waals surface area contributed by atoms with Crippen LogP contribution in [0.5, 0.6) is 0 Å². The number of hydrogen-bond acceptors (Lipinski definition) is 2. The molecule has 0 aliphatic rings. The summed E-state index contributed by atoms with van der Waals surface area (Å²) in [6.07, 6.45) is 0. The highest BCUT2D eigenvalue weighted by atomic mass is 16.3. The molecule has 0 bridgehead atoms. The number of hydrogen-bond donors (Lipinski definition) is 0. The molecule has 0 saturated carbocycles. The molecule has 8 aromatic carbocycles. The van der Waals surface area contributed by atoms with Crippen molar-refractivity contribution in [2.45, 2.75) is 0 Å². The minimum atomic E-state index is 0.838. The Morgan fingerprint density at radius 3 is 1.59 bits per heavy atom. The van der Waals surface area contributed by atoms with Crippen LogP contribution in [0.3, 0.4) is 0 Å². The van der Waals surface area contributed by atoms with Crippen molar-refractivity contribution >= 4 is 76.2 Å². The van der Waals surface area contributed by atoms with E-state index in [0.29, 0.717) is 0 Å². The molecule has 0 saturated heterocycles. The molecule has 0 spiro atoms. The van der Waals surface area contributed by atoms with Crippen LogP contribution in [-0.2, 0) is 0 Å². The maximum atomic E-state index is 6.45. The van der Waals surface area contributed by atoms with Gasteiger partial charge in [0.2, 0.25) is 0 Å². The van der Waals surface area contributed by atoms with E-state index >= 15 is 0 Å².